The van der Waals surface area contributed by atoms with Crippen molar-refractivity contribution in [1.82, 2.24) is 9.97 Å². The summed E-state index contributed by atoms with van der Waals surface area (Å²) in [5.41, 5.74) is 1.57. The van der Waals surface area contributed by atoms with E-state index in [-0.39, 0.29) is 5.82 Å². The monoisotopic (exact) mass is 386 g/mol. The van der Waals surface area contributed by atoms with Crippen molar-refractivity contribution in [2.45, 2.75) is 25.8 Å². The summed E-state index contributed by atoms with van der Waals surface area (Å²) in [5, 5.41) is 0. The van der Waals surface area contributed by atoms with E-state index in [1.807, 2.05) is 31.2 Å². The van der Waals surface area contributed by atoms with Gasteiger partial charge in [0.2, 0.25) is 6.29 Å². The number of para-hydroxylation sites is 1. The molecule has 0 fully saturated rings. The summed E-state index contributed by atoms with van der Waals surface area (Å²) in [7, 11) is 0. The number of aromatic nitrogens is 2. The van der Waals surface area contributed by atoms with Gasteiger partial charge in [-0.2, -0.15) is 13.2 Å². The highest BCUT2D eigenvalue weighted by Gasteiger charge is 2.31. The lowest BCUT2D eigenvalue weighted by Gasteiger charge is -2.27. The zero-order chi connectivity index (χ0) is 19.7. The van der Waals surface area contributed by atoms with Gasteiger partial charge in [0, 0.05) is 17.3 Å². The van der Waals surface area contributed by atoms with E-state index in [0.717, 1.165) is 24.1 Å². The molecule has 1 aliphatic heterocycles. The topological polar surface area (TPSA) is 44.2 Å². The molecule has 1 unspecified atom stereocenters. The third kappa shape index (κ3) is 3.45. The largest absolute Gasteiger partial charge is 0.460 e. The van der Waals surface area contributed by atoms with Gasteiger partial charge < -0.3 is 9.47 Å². The minimum atomic E-state index is -4.43. The lowest BCUT2D eigenvalue weighted by molar-refractivity contribution is -0.137. The Hall–Kier alpha value is -2.93. The molecule has 0 aliphatic carbocycles. The Morgan fingerprint density at radius 1 is 1.11 bits per heavy atom. The van der Waals surface area contributed by atoms with E-state index < -0.39 is 18.0 Å². The molecule has 1 aromatic heterocycles. The average molecular weight is 386 g/mol. The first-order valence-corrected chi connectivity index (χ1v) is 8.89. The van der Waals surface area contributed by atoms with E-state index in [2.05, 4.69) is 9.97 Å². The maximum Gasteiger partial charge on any atom is 0.416 e. The van der Waals surface area contributed by atoms with Crippen LogP contribution in [0.5, 0.6) is 5.75 Å². The maximum atomic E-state index is 13.0. The zero-order valence-corrected chi connectivity index (χ0v) is 15.0. The molecular formula is C21H17F3N2O2. The van der Waals surface area contributed by atoms with Gasteiger partial charge in [-0.3, -0.25) is 0 Å². The van der Waals surface area contributed by atoms with Crippen molar-refractivity contribution in [3.63, 3.8) is 0 Å². The van der Waals surface area contributed by atoms with E-state index in [0.29, 0.717) is 29.2 Å². The van der Waals surface area contributed by atoms with Crippen LogP contribution < -0.4 is 4.74 Å². The van der Waals surface area contributed by atoms with Crippen molar-refractivity contribution < 1.29 is 22.6 Å². The van der Waals surface area contributed by atoms with Crippen LogP contribution in [0.2, 0.25) is 0 Å². The number of hydrogen-bond acceptors (Lipinski definition) is 4. The highest BCUT2D eigenvalue weighted by atomic mass is 19.4. The van der Waals surface area contributed by atoms with Gasteiger partial charge in [0.1, 0.15) is 5.75 Å². The van der Waals surface area contributed by atoms with E-state index >= 15 is 0 Å². The van der Waals surface area contributed by atoms with E-state index in [4.69, 9.17) is 9.47 Å². The van der Waals surface area contributed by atoms with Crippen LogP contribution in [0, 0.1) is 0 Å². The summed E-state index contributed by atoms with van der Waals surface area (Å²) >= 11 is 0. The molecule has 2 heterocycles. The Bertz CT molecular complexity index is 1000. The van der Waals surface area contributed by atoms with Crippen LogP contribution >= 0.6 is 0 Å². The first kappa shape index (κ1) is 18.4. The van der Waals surface area contributed by atoms with Gasteiger partial charge in [-0.15, -0.1) is 0 Å². The fraction of sp³-hybridized carbons (Fsp3) is 0.238. The smallest absolute Gasteiger partial charge is 0.416 e. The van der Waals surface area contributed by atoms with Crippen LogP contribution in [-0.4, -0.2) is 16.6 Å². The zero-order valence-electron chi connectivity index (χ0n) is 15.0. The standard InChI is InChI=1S/C21H17F3N2O2/c1-2-10-27-20-16-12-25-19(13-6-5-7-14(11-13)21(22,23)24)26-18(16)15-8-3-4-9-17(15)28-20/h3-9,11-12,20H,2,10H2,1H3. The SMILES string of the molecule is CCCOC1Oc2ccccc2-c2nc(-c3cccc(C(F)(F)F)c3)ncc21. The molecule has 144 valence electrons. The molecule has 1 aliphatic rings. The highest BCUT2D eigenvalue weighted by molar-refractivity contribution is 5.73. The summed E-state index contributed by atoms with van der Waals surface area (Å²) in [6.07, 6.45) is -2.70. The van der Waals surface area contributed by atoms with Crippen LogP contribution in [0.4, 0.5) is 13.2 Å². The van der Waals surface area contributed by atoms with E-state index in [1.165, 1.54) is 6.07 Å². The molecule has 0 radical (unpaired) electrons. The normalized spacial score (nSPS) is 15.5. The summed E-state index contributed by atoms with van der Waals surface area (Å²) in [6, 6.07) is 12.4. The number of alkyl halides is 3. The van der Waals surface area contributed by atoms with Crippen molar-refractivity contribution in [3.05, 3.63) is 65.9 Å². The molecule has 0 amide bonds. The first-order chi connectivity index (χ1) is 13.5. The summed E-state index contributed by atoms with van der Waals surface area (Å²) in [5.74, 6) is 0.834. The lowest BCUT2D eigenvalue weighted by atomic mass is 10.0. The highest BCUT2D eigenvalue weighted by Crippen LogP contribution is 2.42. The molecule has 28 heavy (non-hydrogen) atoms. The molecule has 0 bridgehead atoms. The van der Waals surface area contributed by atoms with Gasteiger partial charge in [0.15, 0.2) is 5.82 Å². The second-order valence-corrected chi connectivity index (χ2v) is 6.39. The number of halogens is 3. The predicted octanol–water partition coefficient (Wildman–Crippen LogP) is 5.65. The fourth-order valence-electron chi connectivity index (χ4n) is 3.05. The lowest BCUT2D eigenvalue weighted by Crippen LogP contribution is -2.19. The quantitative estimate of drug-likeness (QED) is 0.581. The van der Waals surface area contributed by atoms with Crippen LogP contribution in [-0.2, 0) is 10.9 Å². The van der Waals surface area contributed by atoms with Crippen molar-refractivity contribution in [2.24, 2.45) is 0 Å². The molecule has 0 saturated heterocycles. The summed E-state index contributed by atoms with van der Waals surface area (Å²) < 4.78 is 50.8. The Labute approximate surface area is 160 Å². The average Bonchev–Trinajstić information content (AvgIpc) is 2.71. The minimum absolute atomic E-state index is 0.218. The number of benzene rings is 2. The molecule has 0 saturated carbocycles. The van der Waals surface area contributed by atoms with Gasteiger partial charge in [-0.25, -0.2) is 9.97 Å². The molecule has 7 heteroatoms. The van der Waals surface area contributed by atoms with Crippen molar-refractivity contribution in [3.8, 4) is 28.4 Å². The Balaban J connectivity index is 1.81. The molecular weight excluding hydrogens is 369 g/mol. The Morgan fingerprint density at radius 2 is 1.93 bits per heavy atom. The van der Waals surface area contributed by atoms with Gasteiger partial charge in [-0.05, 0) is 30.7 Å². The molecule has 2 aromatic carbocycles. The molecule has 1 atom stereocenters. The number of nitrogens with zero attached hydrogens (tertiary/aromatic N) is 2. The van der Waals surface area contributed by atoms with Crippen molar-refractivity contribution in [2.75, 3.05) is 6.61 Å². The fourth-order valence-corrected chi connectivity index (χ4v) is 3.05. The van der Waals surface area contributed by atoms with Crippen LogP contribution in [0.15, 0.2) is 54.7 Å². The Morgan fingerprint density at radius 3 is 2.71 bits per heavy atom. The number of fused-ring (bicyclic) bond motifs is 3. The van der Waals surface area contributed by atoms with Crippen molar-refractivity contribution >= 4 is 0 Å². The molecule has 4 rings (SSSR count). The van der Waals surface area contributed by atoms with Crippen LogP contribution in [0.25, 0.3) is 22.6 Å². The minimum Gasteiger partial charge on any atom is -0.460 e. The number of rotatable bonds is 4. The van der Waals surface area contributed by atoms with Crippen molar-refractivity contribution in [1.29, 1.82) is 0 Å². The first-order valence-electron chi connectivity index (χ1n) is 8.89. The molecule has 0 spiro atoms. The van der Waals surface area contributed by atoms with Crippen LogP contribution in [0.1, 0.15) is 30.8 Å². The van der Waals surface area contributed by atoms with Gasteiger partial charge >= 0.3 is 6.18 Å². The van der Waals surface area contributed by atoms with E-state index in [1.54, 1.807) is 12.3 Å². The molecule has 0 N–H and O–H groups in total. The Kier molecular flexibility index (Phi) is 4.77. The predicted molar refractivity (Wildman–Crippen MR) is 97.5 cm³/mol. The summed E-state index contributed by atoms with van der Waals surface area (Å²) in [6.45, 7) is 2.49. The van der Waals surface area contributed by atoms with Gasteiger partial charge in [-0.1, -0.05) is 31.2 Å². The van der Waals surface area contributed by atoms with Gasteiger partial charge in [0.25, 0.3) is 0 Å². The third-order valence-electron chi connectivity index (χ3n) is 4.37. The van der Waals surface area contributed by atoms with Crippen LogP contribution in [0.3, 0.4) is 0 Å². The number of hydrogen-bond donors (Lipinski definition) is 0. The van der Waals surface area contributed by atoms with E-state index in [9.17, 15) is 13.2 Å². The second kappa shape index (κ2) is 7.24. The summed E-state index contributed by atoms with van der Waals surface area (Å²) in [4.78, 5) is 8.85. The number of ether oxygens (including phenoxy) is 2. The molecule has 4 nitrogen and oxygen atoms in total. The van der Waals surface area contributed by atoms with Gasteiger partial charge in [0.05, 0.1) is 23.4 Å². The second-order valence-electron chi connectivity index (χ2n) is 6.39. The maximum absolute atomic E-state index is 13.0. The third-order valence-corrected chi connectivity index (χ3v) is 4.37. The molecule has 3 aromatic rings.